The summed E-state index contributed by atoms with van der Waals surface area (Å²) in [6.45, 7) is 0.106. The first kappa shape index (κ1) is 17.2. The second-order valence-electron chi connectivity index (χ2n) is 4.34. The van der Waals surface area contributed by atoms with Gasteiger partial charge in [-0.15, -0.1) is 0 Å². The van der Waals surface area contributed by atoms with Crippen molar-refractivity contribution in [1.29, 1.82) is 0 Å². The second kappa shape index (κ2) is 8.41. The highest BCUT2D eigenvalue weighted by Crippen LogP contribution is 2.10. The predicted molar refractivity (Wildman–Crippen MR) is 80.7 cm³/mol. The molecule has 1 rings (SSSR count). The number of amides is 2. The number of hydrogen-bond donors (Lipinski definition) is 1. The van der Waals surface area contributed by atoms with Crippen molar-refractivity contribution in [1.82, 2.24) is 10.2 Å². The van der Waals surface area contributed by atoms with Gasteiger partial charge in [0.25, 0.3) is 5.91 Å². The predicted octanol–water partition coefficient (Wildman–Crippen LogP) is 1.20. The molecule has 0 aliphatic heterocycles. The van der Waals surface area contributed by atoms with E-state index >= 15 is 0 Å². The third-order valence-corrected chi connectivity index (χ3v) is 3.28. The molecule has 0 radical (unpaired) electrons. The van der Waals surface area contributed by atoms with E-state index in [4.69, 9.17) is 0 Å². The van der Waals surface area contributed by atoms with Crippen LogP contribution >= 0.6 is 15.9 Å². The van der Waals surface area contributed by atoms with E-state index in [0.29, 0.717) is 5.56 Å². The van der Waals surface area contributed by atoms with Crippen LogP contribution < -0.4 is 5.32 Å². The molecule has 21 heavy (non-hydrogen) atoms. The van der Waals surface area contributed by atoms with Gasteiger partial charge >= 0.3 is 5.97 Å². The summed E-state index contributed by atoms with van der Waals surface area (Å²) in [5, 5.41) is 2.65. The highest BCUT2D eigenvalue weighted by Gasteiger charge is 2.13. The number of carbonyl (C=O) groups is 3. The summed E-state index contributed by atoms with van der Waals surface area (Å²) in [5.74, 6) is -0.966. The number of benzene rings is 1. The zero-order valence-corrected chi connectivity index (χ0v) is 13.5. The third kappa shape index (κ3) is 5.95. The summed E-state index contributed by atoms with van der Waals surface area (Å²) in [7, 11) is 2.77. The summed E-state index contributed by atoms with van der Waals surface area (Å²) in [5.41, 5.74) is 0.522. The van der Waals surface area contributed by atoms with Gasteiger partial charge in [0.1, 0.15) is 6.54 Å². The number of rotatable bonds is 6. The van der Waals surface area contributed by atoms with Crippen molar-refractivity contribution in [3.63, 3.8) is 0 Å². The van der Waals surface area contributed by atoms with E-state index in [0.717, 1.165) is 4.47 Å². The fourth-order valence-electron chi connectivity index (χ4n) is 1.52. The molecule has 0 aromatic heterocycles. The van der Waals surface area contributed by atoms with E-state index in [9.17, 15) is 14.4 Å². The molecule has 0 atom stereocenters. The first-order valence-electron chi connectivity index (χ1n) is 6.28. The molecule has 0 heterocycles. The van der Waals surface area contributed by atoms with Gasteiger partial charge in [-0.3, -0.25) is 14.4 Å². The van der Waals surface area contributed by atoms with Crippen molar-refractivity contribution in [2.24, 2.45) is 0 Å². The smallest absolute Gasteiger partial charge is 0.325 e. The van der Waals surface area contributed by atoms with Crippen LogP contribution in [-0.2, 0) is 14.3 Å². The largest absolute Gasteiger partial charge is 0.468 e. The Morgan fingerprint density at radius 2 is 1.86 bits per heavy atom. The number of methoxy groups -OCH3 is 1. The van der Waals surface area contributed by atoms with Gasteiger partial charge in [-0.1, -0.05) is 15.9 Å². The first-order chi connectivity index (χ1) is 9.93. The Labute approximate surface area is 131 Å². The Balaban J connectivity index is 2.35. The fraction of sp³-hybridized carbons (Fsp3) is 0.357. The molecular formula is C14H17BrN2O4. The average molecular weight is 357 g/mol. The molecule has 2 amide bonds. The minimum absolute atomic E-state index is 0.101. The Hall–Kier alpha value is -1.89. The Bertz CT molecular complexity index is 516. The van der Waals surface area contributed by atoms with E-state index < -0.39 is 5.97 Å². The van der Waals surface area contributed by atoms with E-state index in [1.54, 1.807) is 24.3 Å². The zero-order chi connectivity index (χ0) is 15.8. The highest BCUT2D eigenvalue weighted by atomic mass is 79.9. The molecule has 0 saturated carbocycles. The number of halogens is 1. The summed E-state index contributed by atoms with van der Waals surface area (Å²) in [6, 6.07) is 6.91. The number of hydrogen-bond acceptors (Lipinski definition) is 4. The van der Waals surface area contributed by atoms with Crippen LogP contribution in [0.2, 0.25) is 0 Å². The summed E-state index contributed by atoms with van der Waals surface area (Å²) in [6.07, 6.45) is 0.121. The van der Waals surface area contributed by atoms with Crippen LogP contribution in [0.15, 0.2) is 28.7 Å². The van der Waals surface area contributed by atoms with Gasteiger partial charge < -0.3 is 15.0 Å². The van der Waals surface area contributed by atoms with Crippen LogP contribution in [0.4, 0.5) is 0 Å². The van der Waals surface area contributed by atoms with Gasteiger partial charge in [0.2, 0.25) is 5.91 Å². The number of ether oxygens (including phenoxy) is 1. The van der Waals surface area contributed by atoms with Gasteiger partial charge in [0, 0.05) is 30.0 Å². The van der Waals surface area contributed by atoms with Gasteiger partial charge in [0.15, 0.2) is 0 Å². The molecule has 0 saturated heterocycles. The minimum Gasteiger partial charge on any atom is -0.468 e. The molecule has 0 fully saturated rings. The molecule has 7 heteroatoms. The summed E-state index contributed by atoms with van der Waals surface area (Å²) >= 11 is 3.29. The molecule has 0 aliphatic rings. The van der Waals surface area contributed by atoms with E-state index in [2.05, 4.69) is 26.0 Å². The normalized spacial score (nSPS) is 9.86. The van der Waals surface area contributed by atoms with Crippen LogP contribution in [0.3, 0.4) is 0 Å². The average Bonchev–Trinajstić information content (AvgIpc) is 2.47. The maximum Gasteiger partial charge on any atom is 0.325 e. The molecule has 6 nitrogen and oxygen atoms in total. The van der Waals surface area contributed by atoms with Crippen LogP contribution in [0.5, 0.6) is 0 Å². The number of nitrogens with one attached hydrogen (secondary N) is 1. The monoisotopic (exact) mass is 356 g/mol. The summed E-state index contributed by atoms with van der Waals surface area (Å²) in [4.78, 5) is 35.8. The molecule has 1 aromatic rings. The number of carbonyl (C=O) groups excluding carboxylic acids is 3. The van der Waals surface area contributed by atoms with Crippen molar-refractivity contribution in [2.45, 2.75) is 6.42 Å². The minimum atomic E-state index is -0.482. The topological polar surface area (TPSA) is 75.7 Å². The number of nitrogens with zero attached hydrogens (tertiary/aromatic N) is 1. The maximum atomic E-state index is 11.8. The van der Waals surface area contributed by atoms with Crippen molar-refractivity contribution in [3.8, 4) is 0 Å². The lowest BCUT2D eigenvalue weighted by Crippen LogP contribution is -2.35. The lowest BCUT2D eigenvalue weighted by Gasteiger charge is -2.15. The fourth-order valence-corrected chi connectivity index (χ4v) is 1.79. The lowest BCUT2D eigenvalue weighted by atomic mass is 10.2. The summed E-state index contributed by atoms with van der Waals surface area (Å²) < 4.78 is 5.36. The molecular weight excluding hydrogens is 340 g/mol. The number of likely N-dealkylation sites (N-methyl/N-ethyl adjacent to an activating group) is 1. The molecule has 0 unspecified atom stereocenters. The molecule has 0 bridgehead atoms. The van der Waals surface area contributed by atoms with Crippen molar-refractivity contribution < 1.29 is 19.1 Å². The van der Waals surface area contributed by atoms with Crippen LogP contribution in [0.25, 0.3) is 0 Å². The van der Waals surface area contributed by atoms with E-state index in [1.807, 2.05) is 0 Å². The van der Waals surface area contributed by atoms with Crippen LogP contribution in [0.1, 0.15) is 16.8 Å². The standard InChI is InChI=1S/C14H17BrN2O4/c1-17(9-13(19)21-2)12(18)7-8-16-14(20)10-3-5-11(15)6-4-10/h3-6H,7-9H2,1-2H3,(H,16,20). The zero-order valence-electron chi connectivity index (χ0n) is 11.9. The molecule has 0 aliphatic carbocycles. The molecule has 114 valence electrons. The molecule has 1 N–H and O–H groups in total. The van der Waals surface area contributed by atoms with Gasteiger partial charge in [-0.05, 0) is 24.3 Å². The third-order valence-electron chi connectivity index (χ3n) is 2.75. The molecule has 0 spiro atoms. The van der Waals surface area contributed by atoms with Crippen molar-refractivity contribution in [3.05, 3.63) is 34.3 Å². The van der Waals surface area contributed by atoms with E-state index in [-0.39, 0.29) is 31.3 Å². The highest BCUT2D eigenvalue weighted by molar-refractivity contribution is 9.10. The van der Waals surface area contributed by atoms with Gasteiger partial charge in [0.05, 0.1) is 7.11 Å². The Kier molecular flexibility index (Phi) is 6.87. The Morgan fingerprint density at radius 3 is 2.43 bits per heavy atom. The SMILES string of the molecule is COC(=O)CN(C)C(=O)CCNC(=O)c1ccc(Br)cc1. The van der Waals surface area contributed by atoms with E-state index in [1.165, 1.54) is 19.1 Å². The lowest BCUT2D eigenvalue weighted by molar-refractivity contribution is -0.146. The molecule has 1 aromatic carbocycles. The number of esters is 1. The van der Waals surface area contributed by atoms with Gasteiger partial charge in [-0.25, -0.2) is 0 Å². The maximum absolute atomic E-state index is 11.8. The Morgan fingerprint density at radius 1 is 1.24 bits per heavy atom. The quantitative estimate of drug-likeness (QED) is 0.777. The van der Waals surface area contributed by atoms with Crippen LogP contribution in [0, 0.1) is 0 Å². The van der Waals surface area contributed by atoms with Crippen molar-refractivity contribution in [2.75, 3.05) is 27.2 Å². The second-order valence-corrected chi connectivity index (χ2v) is 5.25. The van der Waals surface area contributed by atoms with Crippen molar-refractivity contribution >= 4 is 33.7 Å². The van der Waals surface area contributed by atoms with Gasteiger partial charge in [-0.2, -0.15) is 0 Å². The van der Waals surface area contributed by atoms with Crippen LogP contribution in [-0.4, -0.2) is 49.9 Å². The first-order valence-corrected chi connectivity index (χ1v) is 7.08.